The predicted molar refractivity (Wildman–Crippen MR) is 99.2 cm³/mol. The molecule has 2 aromatic rings. The predicted octanol–water partition coefficient (Wildman–Crippen LogP) is 2.99. The highest BCUT2D eigenvalue weighted by molar-refractivity contribution is 5.93. The fraction of sp³-hybridized carbons (Fsp3) is 0.450. The number of benzene rings is 1. The molecule has 0 spiro atoms. The summed E-state index contributed by atoms with van der Waals surface area (Å²) >= 11 is 0. The lowest BCUT2D eigenvalue weighted by Crippen LogP contribution is -2.45. The molecule has 2 heterocycles. The molecule has 1 aromatic carbocycles. The number of nitrogens with one attached hydrogen (secondary N) is 1. The van der Waals surface area contributed by atoms with Gasteiger partial charge in [0.1, 0.15) is 0 Å². The molecule has 5 heteroatoms. The number of hydrogen-bond donors (Lipinski definition) is 1. The second-order valence-corrected chi connectivity index (χ2v) is 7.10. The van der Waals surface area contributed by atoms with Gasteiger partial charge in [-0.3, -0.25) is 4.79 Å². The van der Waals surface area contributed by atoms with Gasteiger partial charge in [0.25, 0.3) is 5.91 Å². The van der Waals surface area contributed by atoms with Crippen molar-refractivity contribution in [3.8, 4) is 11.4 Å². The van der Waals surface area contributed by atoms with E-state index in [0.717, 1.165) is 38.0 Å². The molecule has 0 bridgehead atoms. The standard InChI is InChI=1S/C20H26N4O/c1-15(2)14-24-10-8-18(9-11-24)23-20(25)17-12-21-19(22-13-17)16-6-4-3-5-7-16/h3-7,12-13,15,18H,8-11,14H2,1-2H3,(H,23,25). The van der Waals surface area contributed by atoms with Crippen molar-refractivity contribution in [1.82, 2.24) is 20.2 Å². The maximum atomic E-state index is 12.4. The molecule has 25 heavy (non-hydrogen) atoms. The first-order valence-corrected chi connectivity index (χ1v) is 9.02. The smallest absolute Gasteiger partial charge is 0.254 e. The van der Waals surface area contributed by atoms with E-state index in [4.69, 9.17) is 0 Å². The van der Waals surface area contributed by atoms with Gasteiger partial charge in [-0.15, -0.1) is 0 Å². The molecule has 1 aliphatic heterocycles. The van der Waals surface area contributed by atoms with Crippen LogP contribution in [0.15, 0.2) is 42.7 Å². The Morgan fingerprint density at radius 2 is 1.80 bits per heavy atom. The third-order valence-corrected chi connectivity index (χ3v) is 4.49. The minimum absolute atomic E-state index is 0.0816. The van der Waals surface area contributed by atoms with Crippen molar-refractivity contribution >= 4 is 5.91 Å². The van der Waals surface area contributed by atoms with E-state index in [9.17, 15) is 4.79 Å². The van der Waals surface area contributed by atoms with Crippen molar-refractivity contribution < 1.29 is 4.79 Å². The highest BCUT2D eigenvalue weighted by Gasteiger charge is 2.21. The molecule has 5 nitrogen and oxygen atoms in total. The first kappa shape index (κ1) is 17.5. The lowest BCUT2D eigenvalue weighted by atomic mass is 10.0. The normalized spacial score (nSPS) is 16.1. The van der Waals surface area contributed by atoms with Crippen LogP contribution in [-0.4, -0.2) is 46.5 Å². The van der Waals surface area contributed by atoms with Crippen LogP contribution < -0.4 is 5.32 Å². The van der Waals surface area contributed by atoms with E-state index >= 15 is 0 Å². The van der Waals surface area contributed by atoms with Crippen LogP contribution in [-0.2, 0) is 0 Å². The summed E-state index contributed by atoms with van der Waals surface area (Å²) in [5.74, 6) is 1.24. The summed E-state index contributed by atoms with van der Waals surface area (Å²) in [5, 5.41) is 3.12. The number of rotatable bonds is 5. The van der Waals surface area contributed by atoms with Gasteiger partial charge < -0.3 is 10.2 Å². The van der Waals surface area contributed by atoms with Gasteiger partial charge >= 0.3 is 0 Å². The van der Waals surface area contributed by atoms with E-state index in [0.29, 0.717) is 17.3 Å². The van der Waals surface area contributed by atoms with Crippen LogP contribution in [0, 0.1) is 5.92 Å². The molecule has 1 fully saturated rings. The maximum absolute atomic E-state index is 12.4. The Labute approximate surface area is 149 Å². The monoisotopic (exact) mass is 338 g/mol. The van der Waals surface area contributed by atoms with E-state index in [1.807, 2.05) is 30.3 Å². The number of hydrogen-bond acceptors (Lipinski definition) is 4. The molecular weight excluding hydrogens is 312 g/mol. The first-order valence-electron chi connectivity index (χ1n) is 9.02. The molecular formula is C20H26N4O. The number of aromatic nitrogens is 2. The molecule has 1 aromatic heterocycles. The number of carbonyl (C=O) groups excluding carboxylic acids is 1. The Balaban J connectivity index is 1.54. The van der Waals surface area contributed by atoms with Gasteiger partial charge in [0.05, 0.1) is 5.56 Å². The topological polar surface area (TPSA) is 58.1 Å². The Morgan fingerprint density at radius 3 is 2.40 bits per heavy atom. The van der Waals surface area contributed by atoms with Gasteiger partial charge in [0.15, 0.2) is 5.82 Å². The maximum Gasteiger partial charge on any atom is 0.254 e. The van der Waals surface area contributed by atoms with Crippen LogP contribution in [0.3, 0.4) is 0 Å². The van der Waals surface area contributed by atoms with Crippen LogP contribution in [0.25, 0.3) is 11.4 Å². The first-order chi connectivity index (χ1) is 12.1. The zero-order valence-electron chi connectivity index (χ0n) is 15.0. The van der Waals surface area contributed by atoms with E-state index in [2.05, 4.69) is 34.0 Å². The number of amides is 1. The summed E-state index contributed by atoms with van der Waals surface area (Å²) < 4.78 is 0. The highest BCUT2D eigenvalue weighted by atomic mass is 16.1. The van der Waals surface area contributed by atoms with Gasteiger partial charge in [-0.25, -0.2) is 9.97 Å². The second kappa shape index (κ2) is 8.21. The zero-order valence-corrected chi connectivity index (χ0v) is 15.0. The van der Waals surface area contributed by atoms with Crippen molar-refractivity contribution in [2.24, 2.45) is 5.92 Å². The van der Waals surface area contributed by atoms with Crippen molar-refractivity contribution in [2.45, 2.75) is 32.7 Å². The molecule has 3 rings (SSSR count). The Morgan fingerprint density at radius 1 is 1.16 bits per heavy atom. The number of likely N-dealkylation sites (tertiary alicyclic amines) is 1. The quantitative estimate of drug-likeness (QED) is 0.910. The largest absolute Gasteiger partial charge is 0.349 e. The summed E-state index contributed by atoms with van der Waals surface area (Å²) in [6.45, 7) is 7.72. The van der Waals surface area contributed by atoms with Crippen LogP contribution in [0.2, 0.25) is 0 Å². The molecule has 132 valence electrons. The number of carbonyl (C=O) groups is 1. The molecule has 1 aliphatic rings. The van der Waals surface area contributed by atoms with Crippen molar-refractivity contribution in [2.75, 3.05) is 19.6 Å². The van der Waals surface area contributed by atoms with Gasteiger partial charge in [0.2, 0.25) is 0 Å². The summed E-state index contributed by atoms with van der Waals surface area (Å²) in [4.78, 5) is 23.5. The third kappa shape index (κ3) is 4.86. The van der Waals surface area contributed by atoms with Crippen molar-refractivity contribution in [3.05, 3.63) is 48.3 Å². The fourth-order valence-electron chi connectivity index (χ4n) is 3.23. The zero-order chi connectivity index (χ0) is 17.6. The van der Waals surface area contributed by atoms with Gasteiger partial charge in [-0.2, -0.15) is 0 Å². The van der Waals surface area contributed by atoms with Crippen LogP contribution in [0.1, 0.15) is 37.0 Å². The second-order valence-electron chi connectivity index (χ2n) is 7.10. The number of nitrogens with zero attached hydrogens (tertiary/aromatic N) is 3. The van der Waals surface area contributed by atoms with Gasteiger partial charge in [-0.05, 0) is 18.8 Å². The lowest BCUT2D eigenvalue weighted by molar-refractivity contribution is 0.0906. The Kier molecular flexibility index (Phi) is 5.76. The van der Waals surface area contributed by atoms with Gasteiger partial charge in [-0.1, -0.05) is 44.2 Å². The van der Waals surface area contributed by atoms with E-state index in [1.54, 1.807) is 12.4 Å². The third-order valence-electron chi connectivity index (χ3n) is 4.49. The number of piperidine rings is 1. The van der Waals surface area contributed by atoms with E-state index in [-0.39, 0.29) is 11.9 Å². The summed E-state index contributed by atoms with van der Waals surface area (Å²) in [6, 6.07) is 10.0. The molecule has 0 atom stereocenters. The average molecular weight is 338 g/mol. The van der Waals surface area contributed by atoms with Crippen LogP contribution in [0.5, 0.6) is 0 Å². The molecule has 0 radical (unpaired) electrons. The van der Waals surface area contributed by atoms with E-state index in [1.165, 1.54) is 0 Å². The molecule has 1 saturated heterocycles. The molecule has 1 N–H and O–H groups in total. The SMILES string of the molecule is CC(C)CN1CCC(NC(=O)c2cnc(-c3ccccc3)nc2)CC1. The minimum atomic E-state index is -0.0816. The van der Waals surface area contributed by atoms with Crippen LogP contribution in [0.4, 0.5) is 0 Å². The van der Waals surface area contributed by atoms with Crippen LogP contribution >= 0.6 is 0 Å². The Hall–Kier alpha value is -2.27. The summed E-state index contributed by atoms with van der Waals surface area (Å²) in [5.41, 5.74) is 1.47. The molecule has 0 unspecified atom stereocenters. The van der Waals surface area contributed by atoms with E-state index < -0.39 is 0 Å². The average Bonchev–Trinajstić information content (AvgIpc) is 2.64. The molecule has 0 aliphatic carbocycles. The van der Waals surface area contributed by atoms with Crippen molar-refractivity contribution in [3.63, 3.8) is 0 Å². The Bertz CT molecular complexity index is 677. The summed E-state index contributed by atoms with van der Waals surface area (Å²) in [6.07, 6.45) is 5.22. The highest BCUT2D eigenvalue weighted by Crippen LogP contribution is 2.15. The summed E-state index contributed by atoms with van der Waals surface area (Å²) in [7, 11) is 0. The van der Waals surface area contributed by atoms with Gasteiger partial charge in [0, 0.05) is 43.6 Å². The molecule has 0 saturated carbocycles. The van der Waals surface area contributed by atoms with Crippen molar-refractivity contribution in [1.29, 1.82) is 0 Å². The fourth-order valence-corrected chi connectivity index (χ4v) is 3.23. The minimum Gasteiger partial charge on any atom is -0.349 e. The molecule has 1 amide bonds. The lowest BCUT2D eigenvalue weighted by Gasteiger charge is -2.33.